The molecule has 0 aliphatic heterocycles. The topological polar surface area (TPSA) is 55.1 Å². The van der Waals surface area contributed by atoms with Crippen LogP contribution in [0.4, 0.5) is 5.82 Å². The molecule has 17 heavy (non-hydrogen) atoms. The zero-order valence-corrected chi connectivity index (χ0v) is 9.11. The Kier molecular flexibility index (Phi) is 2.42. The molecule has 3 aromatic heterocycles. The molecule has 84 valence electrons. The molecule has 0 aliphatic rings. The molecule has 0 aromatic carbocycles. The summed E-state index contributed by atoms with van der Waals surface area (Å²) < 4.78 is 2.00. The van der Waals surface area contributed by atoms with E-state index in [0.29, 0.717) is 6.54 Å². The molecule has 0 fully saturated rings. The number of aromatic nitrogens is 4. The molecule has 0 spiro atoms. The highest BCUT2D eigenvalue weighted by molar-refractivity contribution is 5.49. The van der Waals surface area contributed by atoms with Crippen molar-refractivity contribution in [2.45, 2.75) is 6.54 Å². The van der Waals surface area contributed by atoms with Crippen molar-refractivity contribution in [1.82, 2.24) is 19.4 Å². The third-order valence-corrected chi connectivity index (χ3v) is 2.52. The summed E-state index contributed by atoms with van der Waals surface area (Å²) >= 11 is 0. The Bertz CT molecular complexity index is 617. The van der Waals surface area contributed by atoms with Crippen LogP contribution in [0.25, 0.3) is 5.65 Å². The summed E-state index contributed by atoms with van der Waals surface area (Å²) in [6, 6.07) is 7.84. The van der Waals surface area contributed by atoms with E-state index in [1.807, 2.05) is 34.9 Å². The average Bonchev–Trinajstić information content (AvgIpc) is 2.86. The molecule has 3 aromatic rings. The minimum atomic E-state index is 0.666. The molecule has 0 bridgehead atoms. The van der Waals surface area contributed by atoms with Crippen LogP contribution in [0, 0.1) is 0 Å². The minimum Gasteiger partial charge on any atom is -0.365 e. The lowest BCUT2D eigenvalue weighted by Crippen LogP contribution is -2.05. The Morgan fingerprint density at radius 1 is 1.12 bits per heavy atom. The summed E-state index contributed by atoms with van der Waals surface area (Å²) in [5.74, 6) is 0.999. The van der Waals surface area contributed by atoms with Crippen LogP contribution in [0.2, 0.25) is 0 Å². The molecule has 0 atom stereocenters. The molecule has 0 saturated heterocycles. The second-order valence-electron chi connectivity index (χ2n) is 3.62. The predicted octanol–water partition coefficient (Wildman–Crippen LogP) is 1.74. The van der Waals surface area contributed by atoms with Gasteiger partial charge in [-0.25, -0.2) is 15.0 Å². The van der Waals surface area contributed by atoms with Crippen molar-refractivity contribution in [2.75, 3.05) is 5.32 Å². The Morgan fingerprint density at radius 3 is 3.00 bits per heavy atom. The van der Waals surface area contributed by atoms with Crippen molar-refractivity contribution in [3.8, 4) is 0 Å². The van der Waals surface area contributed by atoms with Crippen molar-refractivity contribution >= 4 is 11.5 Å². The van der Waals surface area contributed by atoms with Gasteiger partial charge in [-0.1, -0.05) is 6.07 Å². The first-order valence-corrected chi connectivity index (χ1v) is 5.34. The molecule has 0 unspecified atom stereocenters. The van der Waals surface area contributed by atoms with E-state index in [9.17, 15) is 0 Å². The van der Waals surface area contributed by atoms with Gasteiger partial charge in [-0.2, -0.15) is 0 Å². The van der Waals surface area contributed by atoms with Crippen molar-refractivity contribution < 1.29 is 0 Å². The Balaban J connectivity index is 1.84. The van der Waals surface area contributed by atoms with Crippen LogP contribution >= 0.6 is 0 Å². The largest absolute Gasteiger partial charge is 0.365 e. The van der Waals surface area contributed by atoms with Gasteiger partial charge < -0.3 is 5.32 Å². The lowest BCUT2D eigenvalue weighted by molar-refractivity contribution is 0.987. The first-order chi connectivity index (χ1) is 8.43. The summed E-state index contributed by atoms with van der Waals surface area (Å²) in [6.45, 7) is 0.666. The van der Waals surface area contributed by atoms with E-state index in [-0.39, 0.29) is 0 Å². The fraction of sp³-hybridized carbons (Fsp3) is 0.0833. The quantitative estimate of drug-likeness (QED) is 0.737. The van der Waals surface area contributed by atoms with E-state index in [1.165, 1.54) is 0 Å². The molecule has 0 amide bonds. The van der Waals surface area contributed by atoms with Gasteiger partial charge in [-0.05, 0) is 18.2 Å². The van der Waals surface area contributed by atoms with Gasteiger partial charge in [0.15, 0.2) is 0 Å². The summed E-state index contributed by atoms with van der Waals surface area (Å²) in [5.41, 5.74) is 1.88. The van der Waals surface area contributed by atoms with Gasteiger partial charge in [0.2, 0.25) is 0 Å². The number of fused-ring (bicyclic) bond motifs is 1. The van der Waals surface area contributed by atoms with Crippen LogP contribution in [0.1, 0.15) is 5.69 Å². The van der Waals surface area contributed by atoms with E-state index >= 15 is 0 Å². The van der Waals surface area contributed by atoms with Crippen molar-refractivity contribution in [1.29, 1.82) is 0 Å². The number of imidazole rings is 1. The molecular weight excluding hydrogens is 214 g/mol. The standard InChI is InChI=1S/C12H11N5/c1-2-11-14-6-7-17(11)12(3-1)15-8-10-4-5-13-9-16-10/h1-7,9,15H,8H2. The molecule has 0 saturated carbocycles. The smallest absolute Gasteiger partial charge is 0.138 e. The van der Waals surface area contributed by atoms with Crippen molar-refractivity contribution in [2.24, 2.45) is 0 Å². The lowest BCUT2D eigenvalue weighted by Gasteiger charge is -2.07. The predicted molar refractivity (Wildman–Crippen MR) is 64.6 cm³/mol. The zero-order valence-electron chi connectivity index (χ0n) is 9.11. The summed E-state index contributed by atoms with van der Waals surface area (Å²) in [5, 5.41) is 3.32. The number of nitrogens with zero attached hydrogens (tertiary/aromatic N) is 4. The Hall–Kier alpha value is -2.43. The molecule has 0 radical (unpaired) electrons. The number of rotatable bonds is 3. The van der Waals surface area contributed by atoms with E-state index in [4.69, 9.17) is 0 Å². The van der Waals surface area contributed by atoms with Gasteiger partial charge >= 0.3 is 0 Å². The summed E-state index contributed by atoms with van der Waals surface area (Å²) in [7, 11) is 0. The molecule has 1 N–H and O–H groups in total. The summed E-state index contributed by atoms with van der Waals surface area (Å²) in [6.07, 6.45) is 7.00. The first-order valence-electron chi connectivity index (χ1n) is 5.34. The van der Waals surface area contributed by atoms with Crippen LogP contribution in [-0.2, 0) is 6.54 Å². The molecular formula is C12H11N5. The number of pyridine rings is 1. The molecule has 0 aliphatic carbocycles. The van der Waals surface area contributed by atoms with Crippen LogP contribution in [0.5, 0.6) is 0 Å². The maximum Gasteiger partial charge on any atom is 0.138 e. The van der Waals surface area contributed by atoms with E-state index < -0.39 is 0 Å². The highest BCUT2D eigenvalue weighted by Crippen LogP contribution is 2.11. The second-order valence-corrected chi connectivity index (χ2v) is 3.62. The van der Waals surface area contributed by atoms with Crippen molar-refractivity contribution in [3.05, 3.63) is 54.9 Å². The van der Waals surface area contributed by atoms with Crippen molar-refractivity contribution in [3.63, 3.8) is 0 Å². The van der Waals surface area contributed by atoms with Gasteiger partial charge in [0.05, 0.1) is 12.2 Å². The number of hydrogen-bond acceptors (Lipinski definition) is 4. The fourth-order valence-electron chi connectivity index (χ4n) is 1.70. The van der Waals surface area contributed by atoms with Gasteiger partial charge in [-0.15, -0.1) is 0 Å². The number of anilines is 1. The van der Waals surface area contributed by atoms with Gasteiger partial charge in [0.1, 0.15) is 17.8 Å². The number of hydrogen-bond donors (Lipinski definition) is 1. The first kappa shape index (κ1) is 9.77. The molecule has 5 heteroatoms. The average molecular weight is 225 g/mol. The Morgan fingerprint density at radius 2 is 2.12 bits per heavy atom. The Labute approximate surface area is 98.2 Å². The van der Waals surface area contributed by atoms with Gasteiger partial charge in [0, 0.05) is 18.6 Å². The van der Waals surface area contributed by atoms with Gasteiger partial charge in [-0.3, -0.25) is 4.40 Å². The highest BCUT2D eigenvalue weighted by Gasteiger charge is 2.00. The molecule has 3 heterocycles. The normalized spacial score (nSPS) is 10.6. The van der Waals surface area contributed by atoms with E-state index in [1.54, 1.807) is 18.7 Å². The lowest BCUT2D eigenvalue weighted by atomic mass is 10.4. The minimum absolute atomic E-state index is 0.666. The summed E-state index contributed by atoms with van der Waals surface area (Å²) in [4.78, 5) is 12.3. The monoisotopic (exact) mass is 225 g/mol. The molecule has 3 rings (SSSR count). The SMILES string of the molecule is c1cc(NCc2ccncn2)n2ccnc2c1. The van der Waals surface area contributed by atoms with Crippen LogP contribution < -0.4 is 5.32 Å². The third-order valence-electron chi connectivity index (χ3n) is 2.52. The zero-order chi connectivity index (χ0) is 11.5. The maximum atomic E-state index is 4.23. The van der Waals surface area contributed by atoms with Gasteiger partial charge in [0.25, 0.3) is 0 Å². The third kappa shape index (κ3) is 1.94. The number of nitrogens with one attached hydrogen (secondary N) is 1. The van der Waals surface area contributed by atoms with E-state index in [0.717, 1.165) is 17.2 Å². The van der Waals surface area contributed by atoms with Crippen LogP contribution in [0.15, 0.2) is 49.2 Å². The van der Waals surface area contributed by atoms with Crippen LogP contribution in [-0.4, -0.2) is 19.4 Å². The van der Waals surface area contributed by atoms with E-state index in [2.05, 4.69) is 20.3 Å². The fourth-order valence-corrected chi connectivity index (χ4v) is 1.70. The highest BCUT2D eigenvalue weighted by atomic mass is 15.1. The van der Waals surface area contributed by atoms with Crippen LogP contribution in [0.3, 0.4) is 0 Å². The maximum absolute atomic E-state index is 4.23. The molecule has 5 nitrogen and oxygen atoms in total. The second kappa shape index (κ2) is 4.21.